The Kier molecular flexibility index (Phi) is 4.15. The molecular weight excluding hydrogens is 273 g/mol. The van der Waals surface area contributed by atoms with Gasteiger partial charge in [-0.1, -0.05) is 35.7 Å². The molecule has 0 aliphatic heterocycles. The number of aliphatic hydroxyl groups is 1. The Hall–Kier alpha value is -0.770. The molecule has 1 aliphatic rings. The lowest BCUT2D eigenvalue weighted by Gasteiger charge is -2.43. The Morgan fingerprint density at radius 1 is 1.39 bits per heavy atom. The summed E-state index contributed by atoms with van der Waals surface area (Å²) < 4.78 is 0. The maximum absolute atomic E-state index is 11.2. The number of aliphatic hydroxyl groups excluding tert-OH is 1. The fourth-order valence-electron chi connectivity index (χ4n) is 2.39. The molecule has 0 bridgehead atoms. The van der Waals surface area contributed by atoms with E-state index < -0.39 is 6.61 Å². The zero-order valence-electron chi connectivity index (χ0n) is 9.88. The molecule has 2 rings (SSSR count). The van der Waals surface area contributed by atoms with Gasteiger partial charge in [-0.3, -0.25) is 4.79 Å². The number of carbonyl (C=O) groups is 1. The van der Waals surface area contributed by atoms with Gasteiger partial charge in [0.15, 0.2) is 0 Å². The molecule has 1 amide bonds. The summed E-state index contributed by atoms with van der Waals surface area (Å²) >= 11 is 12.1. The highest BCUT2D eigenvalue weighted by Gasteiger charge is 2.40. The van der Waals surface area contributed by atoms with Crippen molar-refractivity contribution in [2.45, 2.75) is 24.7 Å². The Bertz CT molecular complexity index is 458. The number of benzene rings is 1. The van der Waals surface area contributed by atoms with Crippen molar-refractivity contribution in [3.8, 4) is 0 Å². The molecule has 0 aromatic heterocycles. The van der Waals surface area contributed by atoms with Crippen molar-refractivity contribution < 1.29 is 9.90 Å². The van der Waals surface area contributed by atoms with Crippen LogP contribution in [0.1, 0.15) is 24.8 Å². The van der Waals surface area contributed by atoms with Crippen LogP contribution in [0.2, 0.25) is 10.0 Å². The van der Waals surface area contributed by atoms with Gasteiger partial charge in [0.25, 0.3) is 0 Å². The predicted octanol–water partition coefficient (Wildman–Crippen LogP) is 2.52. The molecule has 98 valence electrons. The van der Waals surface area contributed by atoms with E-state index in [1.54, 1.807) is 6.07 Å². The highest BCUT2D eigenvalue weighted by molar-refractivity contribution is 6.35. The SMILES string of the molecule is O=C(CO)NCC1(c2ccc(Cl)cc2Cl)CCC1. The molecule has 0 unspecified atom stereocenters. The molecule has 1 aromatic rings. The van der Waals surface area contributed by atoms with E-state index in [2.05, 4.69) is 5.32 Å². The third-order valence-corrected chi connectivity index (χ3v) is 4.13. The normalized spacial score (nSPS) is 17.1. The van der Waals surface area contributed by atoms with E-state index in [4.69, 9.17) is 28.3 Å². The third-order valence-electron chi connectivity index (χ3n) is 3.58. The van der Waals surface area contributed by atoms with Gasteiger partial charge in [-0.2, -0.15) is 0 Å². The number of nitrogens with one attached hydrogen (secondary N) is 1. The summed E-state index contributed by atoms with van der Waals surface area (Å²) in [6.07, 6.45) is 3.09. The summed E-state index contributed by atoms with van der Waals surface area (Å²) in [4.78, 5) is 11.2. The first kappa shape index (κ1) is 13.7. The fraction of sp³-hybridized carbons (Fsp3) is 0.462. The highest BCUT2D eigenvalue weighted by Crippen LogP contribution is 2.46. The van der Waals surface area contributed by atoms with Gasteiger partial charge < -0.3 is 10.4 Å². The minimum absolute atomic E-state index is 0.105. The molecule has 1 aliphatic carbocycles. The van der Waals surface area contributed by atoms with E-state index in [9.17, 15) is 4.79 Å². The fourth-order valence-corrected chi connectivity index (χ4v) is 3.00. The second-order valence-electron chi connectivity index (χ2n) is 4.69. The topological polar surface area (TPSA) is 49.3 Å². The van der Waals surface area contributed by atoms with Gasteiger partial charge in [0, 0.05) is 22.0 Å². The zero-order chi connectivity index (χ0) is 13.2. The number of hydrogen-bond donors (Lipinski definition) is 2. The standard InChI is InChI=1S/C13H15Cl2NO2/c14-9-2-3-10(11(15)6-9)13(4-1-5-13)8-16-12(18)7-17/h2-3,6,17H,1,4-5,7-8H2,(H,16,18). The number of amides is 1. The number of rotatable bonds is 4. The summed E-state index contributed by atoms with van der Waals surface area (Å²) in [5, 5.41) is 12.7. The van der Waals surface area contributed by atoms with Crippen molar-refractivity contribution in [1.29, 1.82) is 0 Å². The molecule has 0 radical (unpaired) electrons. The van der Waals surface area contributed by atoms with Crippen LogP contribution < -0.4 is 5.32 Å². The van der Waals surface area contributed by atoms with Crippen LogP contribution in [0.3, 0.4) is 0 Å². The first-order chi connectivity index (χ1) is 8.57. The molecule has 1 saturated carbocycles. The number of halogens is 2. The molecule has 0 saturated heterocycles. The summed E-state index contributed by atoms with van der Waals surface area (Å²) in [7, 11) is 0. The van der Waals surface area contributed by atoms with Crippen LogP contribution in [-0.4, -0.2) is 24.2 Å². The van der Waals surface area contributed by atoms with Crippen molar-refractivity contribution in [1.82, 2.24) is 5.32 Å². The van der Waals surface area contributed by atoms with Gasteiger partial charge in [-0.25, -0.2) is 0 Å². The molecule has 1 aromatic carbocycles. The Balaban J connectivity index is 2.18. The monoisotopic (exact) mass is 287 g/mol. The van der Waals surface area contributed by atoms with Crippen LogP contribution in [0.15, 0.2) is 18.2 Å². The van der Waals surface area contributed by atoms with Gasteiger partial charge in [-0.15, -0.1) is 0 Å². The second-order valence-corrected chi connectivity index (χ2v) is 5.54. The molecule has 1 fully saturated rings. The van der Waals surface area contributed by atoms with E-state index in [1.807, 2.05) is 12.1 Å². The second kappa shape index (κ2) is 5.47. The van der Waals surface area contributed by atoms with Crippen LogP contribution in [-0.2, 0) is 10.2 Å². The summed E-state index contributed by atoms with van der Waals surface area (Å²) in [6, 6.07) is 5.47. The highest BCUT2D eigenvalue weighted by atomic mass is 35.5. The maximum Gasteiger partial charge on any atom is 0.245 e. The molecule has 3 nitrogen and oxygen atoms in total. The lowest BCUT2D eigenvalue weighted by atomic mass is 9.64. The van der Waals surface area contributed by atoms with Crippen molar-refractivity contribution in [3.05, 3.63) is 33.8 Å². The molecule has 0 atom stereocenters. The van der Waals surface area contributed by atoms with Gasteiger partial charge in [-0.05, 0) is 30.5 Å². The lowest BCUT2D eigenvalue weighted by molar-refractivity contribution is -0.124. The van der Waals surface area contributed by atoms with Crippen molar-refractivity contribution in [3.63, 3.8) is 0 Å². The van der Waals surface area contributed by atoms with Crippen LogP contribution in [0.5, 0.6) is 0 Å². The first-order valence-electron chi connectivity index (χ1n) is 5.90. The third kappa shape index (κ3) is 2.63. The molecular formula is C13H15Cl2NO2. The molecule has 0 spiro atoms. The maximum atomic E-state index is 11.2. The van der Waals surface area contributed by atoms with E-state index in [-0.39, 0.29) is 11.3 Å². The van der Waals surface area contributed by atoms with Crippen LogP contribution in [0.25, 0.3) is 0 Å². The number of hydrogen-bond acceptors (Lipinski definition) is 2. The van der Waals surface area contributed by atoms with E-state index >= 15 is 0 Å². The van der Waals surface area contributed by atoms with Gasteiger partial charge in [0.1, 0.15) is 6.61 Å². The van der Waals surface area contributed by atoms with Gasteiger partial charge >= 0.3 is 0 Å². The van der Waals surface area contributed by atoms with Crippen LogP contribution in [0, 0.1) is 0 Å². The Labute approximate surface area is 116 Å². The summed E-state index contributed by atoms with van der Waals surface area (Å²) in [6.45, 7) is 0.0260. The average molecular weight is 288 g/mol. The quantitative estimate of drug-likeness (QED) is 0.894. The Morgan fingerprint density at radius 2 is 2.11 bits per heavy atom. The van der Waals surface area contributed by atoms with E-state index in [0.29, 0.717) is 16.6 Å². The molecule has 18 heavy (non-hydrogen) atoms. The van der Waals surface area contributed by atoms with Crippen LogP contribution >= 0.6 is 23.2 Å². The minimum atomic E-state index is -0.482. The first-order valence-corrected chi connectivity index (χ1v) is 6.66. The number of carbonyl (C=O) groups excluding carboxylic acids is 1. The van der Waals surface area contributed by atoms with Crippen molar-refractivity contribution in [2.24, 2.45) is 0 Å². The summed E-state index contributed by atoms with van der Waals surface area (Å²) in [5.41, 5.74) is 0.921. The molecule has 5 heteroatoms. The van der Waals surface area contributed by atoms with Gasteiger partial charge in [0.2, 0.25) is 5.91 Å². The zero-order valence-corrected chi connectivity index (χ0v) is 11.4. The van der Waals surface area contributed by atoms with E-state index in [0.717, 1.165) is 24.8 Å². The molecule has 0 heterocycles. The van der Waals surface area contributed by atoms with E-state index in [1.165, 1.54) is 0 Å². The predicted molar refractivity (Wildman–Crippen MR) is 72.1 cm³/mol. The average Bonchev–Trinajstić information content (AvgIpc) is 2.29. The van der Waals surface area contributed by atoms with Gasteiger partial charge in [0.05, 0.1) is 0 Å². The Morgan fingerprint density at radius 3 is 2.61 bits per heavy atom. The van der Waals surface area contributed by atoms with Crippen molar-refractivity contribution >= 4 is 29.1 Å². The van der Waals surface area contributed by atoms with Crippen LogP contribution in [0.4, 0.5) is 0 Å². The summed E-state index contributed by atoms with van der Waals surface area (Å²) in [5.74, 6) is -0.355. The molecule has 2 N–H and O–H groups in total. The van der Waals surface area contributed by atoms with Crippen molar-refractivity contribution in [2.75, 3.05) is 13.2 Å². The minimum Gasteiger partial charge on any atom is -0.387 e. The smallest absolute Gasteiger partial charge is 0.245 e. The largest absolute Gasteiger partial charge is 0.387 e. The lowest BCUT2D eigenvalue weighted by Crippen LogP contribution is -2.46.